The number of furan rings is 1. The van der Waals surface area contributed by atoms with Crippen LogP contribution in [0, 0.1) is 0 Å². The minimum absolute atomic E-state index is 0.258. The Balaban J connectivity index is 1.50. The first kappa shape index (κ1) is 18.8. The van der Waals surface area contributed by atoms with Crippen molar-refractivity contribution in [1.29, 1.82) is 0 Å². The van der Waals surface area contributed by atoms with E-state index in [1.165, 1.54) is 5.56 Å². The Bertz CT molecular complexity index is 878. The second-order valence-electron chi connectivity index (χ2n) is 6.67. The summed E-state index contributed by atoms with van der Waals surface area (Å²) in [5.41, 5.74) is 2.22. The number of hydrogen-bond donors (Lipinski definition) is 1. The minimum Gasteiger partial charge on any atom is -0.486 e. The van der Waals surface area contributed by atoms with E-state index in [1.807, 2.05) is 29.9 Å². The van der Waals surface area contributed by atoms with Gasteiger partial charge in [-0.2, -0.15) is 5.10 Å². The topological polar surface area (TPSA) is 69.3 Å². The van der Waals surface area contributed by atoms with Gasteiger partial charge in [0, 0.05) is 24.8 Å². The lowest BCUT2D eigenvalue weighted by molar-refractivity contribution is 0.0919. The van der Waals surface area contributed by atoms with Crippen molar-refractivity contribution in [2.24, 2.45) is 0 Å². The number of benzene rings is 1. The van der Waals surface area contributed by atoms with Crippen LogP contribution in [-0.2, 0) is 19.7 Å². The molecule has 142 valence electrons. The fraction of sp³-hybridized carbons (Fsp3) is 0.333. The maximum atomic E-state index is 12.2. The molecular formula is C21H25N3O3. The SMILES string of the molecule is CCn1cc(CNC(=O)c2ccc(COc3ccc(C(C)C)cc3)o2)cn1. The molecule has 0 radical (unpaired) electrons. The van der Waals surface area contributed by atoms with Crippen LogP contribution in [-0.4, -0.2) is 15.7 Å². The molecule has 0 saturated heterocycles. The molecule has 1 aromatic carbocycles. The summed E-state index contributed by atoms with van der Waals surface area (Å²) >= 11 is 0. The van der Waals surface area contributed by atoms with Crippen LogP contribution in [0.25, 0.3) is 0 Å². The van der Waals surface area contributed by atoms with E-state index in [1.54, 1.807) is 18.3 Å². The van der Waals surface area contributed by atoms with Crippen molar-refractivity contribution in [3.05, 3.63) is 71.4 Å². The molecule has 1 N–H and O–H groups in total. The second-order valence-corrected chi connectivity index (χ2v) is 6.67. The summed E-state index contributed by atoms with van der Waals surface area (Å²) in [4.78, 5) is 12.2. The Morgan fingerprint density at radius 2 is 2.00 bits per heavy atom. The van der Waals surface area contributed by atoms with Gasteiger partial charge in [0.25, 0.3) is 5.91 Å². The Labute approximate surface area is 159 Å². The van der Waals surface area contributed by atoms with Crippen molar-refractivity contribution < 1.29 is 13.9 Å². The lowest BCUT2D eigenvalue weighted by Crippen LogP contribution is -2.22. The van der Waals surface area contributed by atoms with E-state index >= 15 is 0 Å². The molecule has 0 fully saturated rings. The molecule has 3 aromatic rings. The van der Waals surface area contributed by atoms with Gasteiger partial charge in [-0.05, 0) is 42.7 Å². The Kier molecular flexibility index (Phi) is 5.96. The number of ether oxygens (including phenoxy) is 1. The molecule has 2 heterocycles. The lowest BCUT2D eigenvalue weighted by Gasteiger charge is -2.08. The van der Waals surface area contributed by atoms with Crippen molar-refractivity contribution in [3.8, 4) is 5.75 Å². The maximum Gasteiger partial charge on any atom is 0.287 e. The Hall–Kier alpha value is -3.02. The van der Waals surface area contributed by atoms with Gasteiger partial charge in [-0.3, -0.25) is 9.48 Å². The van der Waals surface area contributed by atoms with Crippen LogP contribution in [0.2, 0.25) is 0 Å². The summed E-state index contributed by atoms with van der Waals surface area (Å²) in [6.07, 6.45) is 3.65. The van der Waals surface area contributed by atoms with Crippen molar-refractivity contribution >= 4 is 5.91 Å². The molecule has 0 aliphatic carbocycles. The van der Waals surface area contributed by atoms with Crippen LogP contribution in [0.5, 0.6) is 5.75 Å². The number of nitrogens with one attached hydrogen (secondary N) is 1. The molecule has 2 aromatic heterocycles. The quantitative estimate of drug-likeness (QED) is 0.650. The van der Waals surface area contributed by atoms with E-state index in [2.05, 4.69) is 36.4 Å². The first-order valence-corrected chi connectivity index (χ1v) is 9.16. The highest BCUT2D eigenvalue weighted by Crippen LogP contribution is 2.20. The second kappa shape index (κ2) is 8.58. The Morgan fingerprint density at radius 3 is 2.67 bits per heavy atom. The van der Waals surface area contributed by atoms with Crippen LogP contribution in [0.15, 0.2) is 53.2 Å². The summed E-state index contributed by atoms with van der Waals surface area (Å²) in [5, 5.41) is 7.01. The number of carbonyl (C=O) groups excluding carboxylic acids is 1. The summed E-state index contributed by atoms with van der Waals surface area (Å²) < 4.78 is 13.1. The van der Waals surface area contributed by atoms with E-state index in [-0.39, 0.29) is 18.3 Å². The Morgan fingerprint density at radius 1 is 1.22 bits per heavy atom. The molecule has 0 aliphatic rings. The van der Waals surface area contributed by atoms with Crippen molar-refractivity contribution in [2.75, 3.05) is 0 Å². The van der Waals surface area contributed by atoms with Gasteiger partial charge in [-0.1, -0.05) is 26.0 Å². The normalized spacial score (nSPS) is 11.0. The standard InChI is InChI=1S/C21H25N3O3/c1-4-24-13-16(12-23-24)11-22-21(25)20-10-9-19(27-20)14-26-18-7-5-17(6-8-18)15(2)3/h5-10,12-13,15H,4,11,14H2,1-3H3,(H,22,25). The number of aryl methyl sites for hydroxylation is 1. The number of hydrogen-bond acceptors (Lipinski definition) is 4. The van der Waals surface area contributed by atoms with Crippen molar-refractivity contribution in [1.82, 2.24) is 15.1 Å². The van der Waals surface area contributed by atoms with Crippen LogP contribution in [0.1, 0.15) is 54.1 Å². The zero-order valence-corrected chi connectivity index (χ0v) is 15.9. The van der Waals surface area contributed by atoms with Crippen LogP contribution in [0.3, 0.4) is 0 Å². The van der Waals surface area contributed by atoms with Gasteiger partial charge in [0.15, 0.2) is 5.76 Å². The molecule has 6 nitrogen and oxygen atoms in total. The van der Waals surface area contributed by atoms with Crippen LogP contribution >= 0.6 is 0 Å². The predicted molar refractivity (Wildman–Crippen MR) is 103 cm³/mol. The van der Waals surface area contributed by atoms with Gasteiger partial charge < -0.3 is 14.5 Å². The third-order valence-corrected chi connectivity index (χ3v) is 4.28. The van der Waals surface area contributed by atoms with Gasteiger partial charge in [0.1, 0.15) is 18.1 Å². The largest absolute Gasteiger partial charge is 0.486 e. The zero-order valence-electron chi connectivity index (χ0n) is 15.9. The number of nitrogens with zero attached hydrogens (tertiary/aromatic N) is 2. The third-order valence-electron chi connectivity index (χ3n) is 4.28. The molecule has 0 bridgehead atoms. The molecule has 0 aliphatic heterocycles. The van der Waals surface area contributed by atoms with E-state index in [0.717, 1.165) is 17.9 Å². The van der Waals surface area contributed by atoms with Gasteiger partial charge in [-0.15, -0.1) is 0 Å². The smallest absolute Gasteiger partial charge is 0.287 e. The average molecular weight is 367 g/mol. The summed E-state index contributed by atoms with van der Waals surface area (Å²) in [6, 6.07) is 11.4. The van der Waals surface area contributed by atoms with Crippen LogP contribution < -0.4 is 10.1 Å². The molecule has 0 spiro atoms. The van der Waals surface area contributed by atoms with Crippen LogP contribution in [0.4, 0.5) is 0 Å². The van der Waals surface area contributed by atoms with Gasteiger partial charge in [-0.25, -0.2) is 0 Å². The summed E-state index contributed by atoms with van der Waals surface area (Å²) in [6.45, 7) is 7.81. The molecule has 6 heteroatoms. The van der Waals surface area contributed by atoms with E-state index in [0.29, 0.717) is 18.2 Å². The fourth-order valence-corrected chi connectivity index (χ4v) is 2.62. The van der Waals surface area contributed by atoms with Gasteiger partial charge >= 0.3 is 0 Å². The molecule has 27 heavy (non-hydrogen) atoms. The molecule has 0 saturated carbocycles. The molecule has 0 unspecified atom stereocenters. The predicted octanol–water partition coefficient (Wildman–Crippen LogP) is 4.13. The summed E-state index contributed by atoms with van der Waals surface area (Å²) in [5.74, 6) is 1.88. The average Bonchev–Trinajstić information content (AvgIpc) is 3.34. The minimum atomic E-state index is -0.258. The fourth-order valence-electron chi connectivity index (χ4n) is 2.62. The highest BCUT2D eigenvalue weighted by atomic mass is 16.5. The first-order chi connectivity index (χ1) is 13.0. The molecule has 0 atom stereocenters. The first-order valence-electron chi connectivity index (χ1n) is 9.16. The highest BCUT2D eigenvalue weighted by molar-refractivity contribution is 5.91. The lowest BCUT2D eigenvalue weighted by atomic mass is 10.0. The van der Waals surface area contributed by atoms with E-state index in [9.17, 15) is 4.79 Å². The highest BCUT2D eigenvalue weighted by Gasteiger charge is 2.12. The zero-order chi connectivity index (χ0) is 19.2. The molecular weight excluding hydrogens is 342 g/mol. The maximum absolute atomic E-state index is 12.2. The van der Waals surface area contributed by atoms with Crippen molar-refractivity contribution in [3.63, 3.8) is 0 Å². The third kappa shape index (κ3) is 5.00. The van der Waals surface area contributed by atoms with Gasteiger partial charge in [0.2, 0.25) is 0 Å². The molecule has 3 rings (SSSR count). The van der Waals surface area contributed by atoms with E-state index < -0.39 is 0 Å². The number of amides is 1. The number of aromatic nitrogens is 2. The number of rotatable bonds is 8. The van der Waals surface area contributed by atoms with Gasteiger partial charge in [0.05, 0.1) is 6.20 Å². The number of carbonyl (C=O) groups is 1. The molecule has 1 amide bonds. The summed E-state index contributed by atoms with van der Waals surface area (Å²) in [7, 11) is 0. The van der Waals surface area contributed by atoms with Crippen molar-refractivity contribution in [2.45, 2.75) is 46.4 Å². The van der Waals surface area contributed by atoms with E-state index in [4.69, 9.17) is 9.15 Å². The monoisotopic (exact) mass is 367 g/mol.